The minimum Gasteiger partial charge on any atom is -0.300 e. The number of hydrogen-bond donors (Lipinski definition) is 0. The Hall–Kier alpha value is -1.71. The number of hydrogen-bond acceptors (Lipinski definition) is 3. The molecule has 0 aromatic heterocycles. The molecule has 0 heterocycles. The predicted octanol–water partition coefficient (Wildman–Crippen LogP) is 2.75. The van der Waals surface area contributed by atoms with Gasteiger partial charge in [-0.2, -0.15) is 0 Å². The van der Waals surface area contributed by atoms with E-state index >= 15 is 0 Å². The Balaban J connectivity index is 0.000000921. The zero-order valence-electron chi connectivity index (χ0n) is 9.19. The highest BCUT2D eigenvalue weighted by Crippen LogP contribution is 2.13. The standard InChI is InChI=1S/C9H9NO3.C2H6/c1-7(11)5-8-3-2-4-9(6-8)10(12)13;1-2/h2-4,6H,5H2,1H3;1-2H3. The third-order valence-corrected chi connectivity index (χ3v) is 1.57. The molecule has 0 unspecified atom stereocenters. The first-order valence-electron chi connectivity index (χ1n) is 4.82. The van der Waals surface area contributed by atoms with E-state index in [0.29, 0.717) is 5.56 Å². The molecule has 1 rings (SSSR count). The molecule has 0 atom stereocenters. The molecule has 1 aromatic carbocycles. The number of nitrogens with zero attached hydrogens (tertiary/aromatic N) is 1. The fourth-order valence-corrected chi connectivity index (χ4v) is 1.07. The van der Waals surface area contributed by atoms with Gasteiger partial charge in [0.15, 0.2) is 0 Å². The average molecular weight is 209 g/mol. The summed E-state index contributed by atoms with van der Waals surface area (Å²) in [4.78, 5) is 20.6. The molecule has 0 spiro atoms. The third kappa shape index (κ3) is 4.90. The minimum atomic E-state index is -0.469. The molecule has 0 aliphatic heterocycles. The molecule has 0 saturated carbocycles. The molecule has 0 radical (unpaired) electrons. The normalized spacial score (nSPS) is 8.73. The molecule has 0 fully saturated rings. The van der Waals surface area contributed by atoms with Crippen LogP contribution in [0.3, 0.4) is 0 Å². The van der Waals surface area contributed by atoms with E-state index in [9.17, 15) is 14.9 Å². The molecule has 0 aliphatic rings. The highest BCUT2D eigenvalue weighted by Gasteiger charge is 2.06. The summed E-state index contributed by atoms with van der Waals surface area (Å²) in [5.41, 5.74) is 0.709. The summed E-state index contributed by atoms with van der Waals surface area (Å²) in [6.07, 6.45) is 0.252. The van der Waals surface area contributed by atoms with E-state index in [1.54, 1.807) is 12.1 Å². The molecular weight excluding hydrogens is 194 g/mol. The van der Waals surface area contributed by atoms with E-state index in [1.807, 2.05) is 13.8 Å². The first kappa shape index (κ1) is 13.3. The van der Waals surface area contributed by atoms with Gasteiger partial charge < -0.3 is 0 Å². The summed E-state index contributed by atoms with van der Waals surface area (Å²) in [7, 11) is 0. The maximum Gasteiger partial charge on any atom is 0.269 e. The van der Waals surface area contributed by atoms with Crippen LogP contribution in [0.25, 0.3) is 0 Å². The van der Waals surface area contributed by atoms with Crippen LogP contribution in [0.4, 0.5) is 5.69 Å². The number of nitro benzene ring substituents is 1. The van der Waals surface area contributed by atoms with Crippen molar-refractivity contribution in [3.8, 4) is 0 Å². The SMILES string of the molecule is CC.CC(=O)Cc1cccc([N+](=O)[O-])c1. The largest absolute Gasteiger partial charge is 0.300 e. The Morgan fingerprint density at radius 3 is 2.47 bits per heavy atom. The van der Waals surface area contributed by atoms with E-state index < -0.39 is 4.92 Å². The first-order chi connectivity index (χ1) is 7.09. The zero-order valence-corrected chi connectivity index (χ0v) is 9.19. The van der Waals surface area contributed by atoms with Gasteiger partial charge in [-0.05, 0) is 12.5 Å². The number of ketones is 1. The van der Waals surface area contributed by atoms with E-state index in [-0.39, 0.29) is 17.9 Å². The number of rotatable bonds is 3. The van der Waals surface area contributed by atoms with Crippen LogP contribution in [0.5, 0.6) is 0 Å². The Bertz CT molecular complexity index is 347. The molecule has 15 heavy (non-hydrogen) atoms. The summed E-state index contributed by atoms with van der Waals surface area (Å²) in [6.45, 7) is 5.46. The van der Waals surface area contributed by atoms with Crippen LogP contribution >= 0.6 is 0 Å². The molecule has 0 N–H and O–H groups in total. The minimum absolute atomic E-state index is 0.000461. The molecule has 1 aromatic rings. The highest BCUT2D eigenvalue weighted by atomic mass is 16.6. The van der Waals surface area contributed by atoms with Crippen molar-refractivity contribution in [2.24, 2.45) is 0 Å². The van der Waals surface area contributed by atoms with Crippen LogP contribution in [0.2, 0.25) is 0 Å². The van der Waals surface area contributed by atoms with Gasteiger partial charge in [0, 0.05) is 18.6 Å². The molecule has 0 saturated heterocycles. The Morgan fingerprint density at radius 2 is 2.00 bits per heavy atom. The topological polar surface area (TPSA) is 60.2 Å². The maximum absolute atomic E-state index is 10.7. The number of carbonyl (C=O) groups excluding carboxylic acids is 1. The van der Waals surface area contributed by atoms with Gasteiger partial charge in [-0.1, -0.05) is 26.0 Å². The van der Waals surface area contributed by atoms with Gasteiger partial charge in [0.25, 0.3) is 5.69 Å². The van der Waals surface area contributed by atoms with Gasteiger partial charge >= 0.3 is 0 Å². The lowest BCUT2D eigenvalue weighted by Gasteiger charge is -1.96. The van der Waals surface area contributed by atoms with Gasteiger partial charge in [-0.3, -0.25) is 14.9 Å². The van der Waals surface area contributed by atoms with E-state index in [4.69, 9.17) is 0 Å². The number of benzene rings is 1. The van der Waals surface area contributed by atoms with Crippen molar-refractivity contribution >= 4 is 11.5 Å². The lowest BCUT2D eigenvalue weighted by Crippen LogP contribution is -1.97. The third-order valence-electron chi connectivity index (χ3n) is 1.57. The summed E-state index contributed by atoms with van der Waals surface area (Å²) in [5, 5.41) is 10.4. The van der Waals surface area contributed by atoms with Crippen molar-refractivity contribution < 1.29 is 9.72 Å². The molecule has 4 heteroatoms. The number of Topliss-reactive ketones (excluding diaryl/α,β-unsaturated/α-hetero) is 1. The Morgan fingerprint density at radius 1 is 1.40 bits per heavy atom. The monoisotopic (exact) mass is 209 g/mol. The van der Waals surface area contributed by atoms with Crippen LogP contribution in [-0.2, 0) is 11.2 Å². The molecular formula is C11H15NO3. The second-order valence-corrected chi connectivity index (χ2v) is 2.81. The van der Waals surface area contributed by atoms with E-state index in [2.05, 4.69) is 0 Å². The lowest BCUT2D eigenvalue weighted by molar-refractivity contribution is -0.384. The van der Waals surface area contributed by atoms with Crippen molar-refractivity contribution in [2.45, 2.75) is 27.2 Å². The van der Waals surface area contributed by atoms with Crippen molar-refractivity contribution in [1.29, 1.82) is 0 Å². The summed E-state index contributed by atoms with van der Waals surface area (Å²) < 4.78 is 0. The molecule has 0 bridgehead atoms. The second kappa shape index (κ2) is 6.70. The molecule has 82 valence electrons. The van der Waals surface area contributed by atoms with Gasteiger partial charge in [0.05, 0.1) is 4.92 Å². The van der Waals surface area contributed by atoms with Gasteiger partial charge in [0.2, 0.25) is 0 Å². The van der Waals surface area contributed by atoms with Crippen molar-refractivity contribution in [3.63, 3.8) is 0 Å². The van der Waals surface area contributed by atoms with Crippen molar-refractivity contribution in [1.82, 2.24) is 0 Å². The van der Waals surface area contributed by atoms with Crippen molar-refractivity contribution in [2.75, 3.05) is 0 Å². The number of non-ortho nitro benzene ring substituents is 1. The second-order valence-electron chi connectivity index (χ2n) is 2.81. The number of nitro groups is 1. The van der Waals surface area contributed by atoms with Crippen LogP contribution < -0.4 is 0 Å². The Labute approximate surface area is 89.1 Å². The van der Waals surface area contributed by atoms with Crippen LogP contribution in [0, 0.1) is 10.1 Å². The molecule has 0 aliphatic carbocycles. The first-order valence-corrected chi connectivity index (χ1v) is 4.82. The lowest BCUT2D eigenvalue weighted by atomic mass is 10.1. The quantitative estimate of drug-likeness (QED) is 0.568. The molecule has 4 nitrogen and oxygen atoms in total. The predicted molar refractivity (Wildman–Crippen MR) is 58.8 cm³/mol. The van der Waals surface area contributed by atoms with Gasteiger partial charge in [0.1, 0.15) is 5.78 Å². The zero-order chi connectivity index (χ0) is 11.8. The highest BCUT2D eigenvalue weighted by molar-refractivity contribution is 5.78. The fraction of sp³-hybridized carbons (Fsp3) is 0.364. The van der Waals surface area contributed by atoms with Crippen molar-refractivity contribution in [3.05, 3.63) is 39.9 Å². The van der Waals surface area contributed by atoms with Crippen LogP contribution in [0.1, 0.15) is 26.3 Å². The summed E-state index contributed by atoms with van der Waals surface area (Å²) in [5.74, 6) is 0.000461. The smallest absolute Gasteiger partial charge is 0.269 e. The number of carbonyl (C=O) groups is 1. The summed E-state index contributed by atoms with van der Waals surface area (Å²) in [6, 6.07) is 6.11. The maximum atomic E-state index is 10.7. The van der Waals surface area contributed by atoms with Gasteiger partial charge in [-0.15, -0.1) is 0 Å². The van der Waals surface area contributed by atoms with E-state index in [0.717, 1.165) is 0 Å². The van der Waals surface area contributed by atoms with Crippen LogP contribution in [-0.4, -0.2) is 10.7 Å². The fourth-order valence-electron chi connectivity index (χ4n) is 1.07. The summed E-state index contributed by atoms with van der Waals surface area (Å²) >= 11 is 0. The Kier molecular flexibility index (Phi) is 5.94. The molecule has 0 amide bonds. The van der Waals surface area contributed by atoms with Crippen LogP contribution in [0.15, 0.2) is 24.3 Å². The average Bonchev–Trinajstić information content (AvgIpc) is 2.20. The van der Waals surface area contributed by atoms with E-state index in [1.165, 1.54) is 19.1 Å². The van der Waals surface area contributed by atoms with Gasteiger partial charge in [-0.25, -0.2) is 0 Å².